The number of sulfonamides is 1. The van der Waals surface area contributed by atoms with E-state index in [9.17, 15) is 8.42 Å². The molecule has 0 aromatic heterocycles. The second kappa shape index (κ2) is 6.45. The van der Waals surface area contributed by atoms with E-state index in [2.05, 4.69) is 27.6 Å². The lowest BCUT2D eigenvalue weighted by Crippen LogP contribution is -2.33. The van der Waals surface area contributed by atoms with E-state index < -0.39 is 10.0 Å². The minimum Gasteiger partial charge on any atom is -0.492 e. The Bertz CT molecular complexity index is 574. The zero-order chi connectivity index (χ0) is 14.8. The van der Waals surface area contributed by atoms with Crippen LogP contribution in [-0.4, -0.2) is 21.1 Å². The van der Waals surface area contributed by atoms with E-state index in [0.717, 1.165) is 23.7 Å². The first-order valence-corrected chi connectivity index (χ1v) is 9.14. The fourth-order valence-corrected chi connectivity index (χ4v) is 4.53. The molecule has 0 aliphatic heterocycles. The highest BCUT2D eigenvalue weighted by atomic mass is 79.9. The summed E-state index contributed by atoms with van der Waals surface area (Å²) in [7, 11) is -3.55. The van der Waals surface area contributed by atoms with Gasteiger partial charge in [0.25, 0.3) is 0 Å². The van der Waals surface area contributed by atoms with Gasteiger partial charge in [-0.2, -0.15) is 0 Å². The van der Waals surface area contributed by atoms with Crippen molar-refractivity contribution in [1.82, 2.24) is 4.72 Å². The summed E-state index contributed by atoms with van der Waals surface area (Å²) >= 11 is 3.31. The number of benzene rings is 1. The number of rotatable bonds is 5. The summed E-state index contributed by atoms with van der Waals surface area (Å²) in [6.45, 7) is 4.42. The second-order valence-corrected chi connectivity index (χ2v) is 7.86. The number of ether oxygens (including phenoxy) is 1. The molecular formula is C14H20BrNO3S. The van der Waals surface area contributed by atoms with Crippen LogP contribution in [0.15, 0.2) is 27.6 Å². The maximum Gasteiger partial charge on any atom is 0.244 e. The normalized spacial score (nSPS) is 22.9. The van der Waals surface area contributed by atoms with Crippen LogP contribution in [0.2, 0.25) is 0 Å². The van der Waals surface area contributed by atoms with E-state index in [0.29, 0.717) is 18.3 Å². The lowest BCUT2D eigenvalue weighted by Gasteiger charge is -2.16. The molecule has 1 fully saturated rings. The van der Waals surface area contributed by atoms with Crippen molar-refractivity contribution in [2.45, 2.75) is 44.0 Å². The van der Waals surface area contributed by atoms with Gasteiger partial charge in [0, 0.05) is 10.5 Å². The molecule has 0 spiro atoms. The summed E-state index contributed by atoms with van der Waals surface area (Å²) in [5.74, 6) is 0.978. The highest BCUT2D eigenvalue weighted by Crippen LogP contribution is 2.30. The van der Waals surface area contributed by atoms with Crippen LogP contribution in [-0.2, 0) is 10.0 Å². The molecule has 2 unspecified atom stereocenters. The Kier molecular flexibility index (Phi) is 5.09. The molecule has 1 aliphatic carbocycles. The van der Waals surface area contributed by atoms with Crippen LogP contribution < -0.4 is 9.46 Å². The van der Waals surface area contributed by atoms with Crippen molar-refractivity contribution >= 4 is 26.0 Å². The van der Waals surface area contributed by atoms with Crippen LogP contribution in [0, 0.1) is 5.92 Å². The van der Waals surface area contributed by atoms with Crippen molar-refractivity contribution in [1.29, 1.82) is 0 Å². The highest BCUT2D eigenvalue weighted by Gasteiger charge is 2.28. The fraction of sp³-hybridized carbons (Fsp3) is 0.571. The Labute approximate surface area is 129 Å². The molecule has 1 aromatic carbocycles. The van der Waals surface area contributed by atoms with Crippen molar-refractivity contribution in [2.24, 2.45) is 5.92 Å². The SMILES string of the molecule is CCOc1ccc(Br)cc1S(=O)(=O)NC1CCC(C)C1. The Morgan fingerprint density at radius 3 is 2.75 bits per heavy atom. The third-order valence-corrected chi connectivity index (χ3v) is 5.55. The molecule has 0 radical (unpaired) electrons. The van der Waals surface area contributed by atoms with Gasteiger partial charge in [-0.05, 0) is 50.3 Å². The first kappa shape index (κ1) is 15.8. The molecule has 4 nitrogen and oxygen atoms in total. The Morgan fingerprint density at radius 1 is 1.40 bits per heavy atom. The van der Waals surface area contributed by atoms with Crippen molar-refractivity contribution in [3.63, 3.8) is 0 Å². The van der Waals surface area contributed by atoms with Crippen LogP contribution in [0.5, 0.6) is 5.75 Å². The Morgan fingerprint density at radius 2 is 2.15 bits per heavy atom. The highest BCUT2D eigenvalue weighted by molar-refractivity contribution is 9.10. The summed E-state index contributed by atoms with van der Waals surface area (Å²) in [5.41, 5.74) is 0. The molecule has 0 saturated heterocycles. The van der Waals surface area contributed by atoms with E-state index in [-0.39, 0.29) is 10.9 Å². The quantitative estimate of drug-likeness (QED) is 0.874. The van der Waals surface area contributed by atoms with Crippen molar-refractivity contribution in [3.05, 3.63) is 22.7 Å². The summed E-state index contributed by atoms with van der Waals surface area (Å²) in [4.78, 5) is 0.202. The first-order chi connectivity index (χ1) is 9.42. The van der Waals surface area contributed by atoms with E-state index in [1.165, 1.54) is 0 Å². The topological polar surface area (TPSA) is 55.4 Å². The molecule has 0 heterocycles. The lowest BCUT2D eigenvalue weighted by atomic mass is 10.1. The van der Waals surface area contributed by atoms with Crippen molar-refractivity contribution in [2.75, 3.05) is 6.61 Å². The van der Waals surface area contributed by atoms with E-state index in [1.54, 1.807) is 18.2 Å². The zero-order valence-electron chi connectivity index (χ0n) is 11.7. The van der Waals surface area contributed by atoms with E-state index in [4.69, 9.17) is 4.74 Å². The number of hydrogen-bond acceptors (Lipinski definition) is 3. The van der Waals surface area contributed by atoms with Gasteiger partial charge in [0.05, 0.1) is 6.61 Å². The van der Waals surface area contributed by atoms with Gasteiger partial charge in [-0.15, -0.1) is 0 Å². The van der Waals surface area contributed by atoms with Gasteiger partial charge in [0.15, 0.2) is 0 Å². The molecule has 0 bridgehead atoms. The Hall–Kier alpha value is -0.590. The first-order valence-electron chi connectivity index (χ1n) is 6.87. The third-order valence-electron chi connectivity index (χ3n) is 3.51. The molecule has 6 heteroatoms. The number of nitrogens with one attached hydrogen (secondary N) is 1. The van der Waals surface area contributed by atoms with Crippen LogP contribution >= 0.6 is 15.9 Å². The molecule has 112 valence electrons. The molecule has 1 N–H and O–H groups in total. The van der Waals surface area contributed by atoms with Gasteiger partial charge in [-0.25, -0.2) is 13.1 Å². The summed E-state index contributed by atoms with van der Waals surface area (Å²) in [5, 5.41) is 0. The third kappa shape index (κ3) is 3.74. The van der Waals surface area contributed by atoms with E-state index in [1.807, 2.05) is 6.92 Å². The molecule has 2 rings (SSSR count). The number of halogens is 1. The number of hydrogen-bond donors (Lipinski definition) is 1. The van der Waals surface area contributed by atoms with Gasteiger partial charge < -0.3 is 4.74 Å². The van der Waals surface area contributed by atoms with Crippen LogP contribution in [0.25, 0.3) is 0 Å². The summed E-state index contributed by atoms with van der Waals surface area (Å²) in [6, 6.07) is 5.08. The maximum atomic E-state index is 12.5. The maximum absolute atomic E-state index is 12.5. The van der Waals surface area contributed by atoms with Gasteiger partial charge >= 0.3 is 0 Å². The molecule has 1 saturated carbocycles. The molecule has 1 aromatic rings. The van der Waals surface area contributed by atoms with Crippen LogP contribution in [0.1, 0.15) is 33.1 Å². The van der Waals surface area contributed by atoms with Gasteiger partial charge in [-0.3, -0.25) is 0 Å². The van der Waals surface area contributed by atoms with Gasteiger partial charge in [-0.1, -0.05) is 22.9 Å². The smallest absolute Gasteiger partial charge is 0.244 e. The molecule has 20 heavy (non-hydrogen) atoms. The molecule has 1 aliphatic rings. The molecule has 0 amide bonds. The summed E-state index contributed by atoms with van der Waals surface area (Å²) < 4.78 is 34.0. The van der Waals surface area contributed by atoms with Crippen LogP contribution in [0.4, 0.5) is 0 Å². The minimum atomic E-state index is -3.55. The average molecular weight is 362 g/mol. The molecular weight excluding hydrogens is 342 g/mol. The predicted molar refractivity (Wildman–Crippen MR) is 82.4 cm³/mol. The van der Waals surface area contributed by atoms with Crippen LogP contribution in [0.3, 0.4) is 0 Å². The van der Waals surface area contributed by atoms with Crippen molar-refractivity contribution in [3.8, 4) is 5.75 Å². The average Bonchev–Trinajstić information content (AvgIpc) is 2.76. The van der Waals surface area contributed by atoms with Gasteiger partial charge in [0.1, 0.15) is 10.6 Å². The van der Waals surface area contributed by atoms with E-state index >= 15 is 0 Å². The standard InChI is InChI=1S/C14H20BrNO3S/c1-3-19-13-7-5-11(15)9-14(13)20(17,18)16-12-6-4-10(2)8-12/h5,7,9-10,12,16H,3-4,6,8H2,1-2H3. The predicted octanol–water partition coefficient (Wildman–Crippen LogP) is 3.31. The largest absolute Gasteiger partial charge is 0.492 e. The second-order valence-electron chi connectivity index (χ2n) is 5.26. The van der Waals surface area contributed by atoms with Crippen molar-refractivity contribution < 1.29 is 13.2 Å². The minimum absolute atomic E-state index is 0.0310. The monoisotopic (exact) mass is 361 g/mol. The zero-order valence-corrected chi connectivity index (χ0v) is 14.1. The molecule has 2 atom stereocenters. The van der Waals surface area contributed by atoms with Gasteiger partial charge in [0.2, 0.25) is 10.0 Å². The Balaban J connectivity index is 2.26. The summed E-state index contributed by atoms with van der Waals surface area (Å²) in [6.07, 6.45) is 2.87. The fourth-order valence-electron chi connectivity index (χ4n) is 2.56. The lowest BCUT2D eigenvalue weighted by molar-refractivity contribution is 0.330.